The van der Waals surface area contributed by atoms with Gasteiger partial charge in [0.2, 0.25) is 0 Å². The Labute approximate surface area is 215 Å². The number of thioether (sulfide) groups is 1. The average Bonchev–Trinajstić information content (AvgIpc) is 3.30. The zero-order valence-corrected chi connectivity index (χ0v) is 20.9. The molecule has 0 amide bonds. The van der Waals surface area contributed by atoms with Crippen LogP contribution in [-0.4, -0.2) is 38.4 Å². The Hall–Kier alpha value is -3.05. The monoisotopic (exact) mass is 523 g/mol. The molecule has 5 nitrogen and oxygen atoms in total. The van der Waals surface area contributed by atoms with Gasteiger partial charge in [0.25, 0.3) is 5.99 Å². The number of aliphatic imine (C=N–C) groups is 1. The average molecular weight is 523 g/mol. The number of benzene rings is 2. The summed E-state index contributed by atoms with van der Waals surface area (Å²) in [7, 11) is 0. The van der Waals surface area contributed by atoms with E-state index in [1.165, 1.54) is 29.4 Å². The Kier molecular flexibility index (Phi) is 6.94. The molecule has 0 N–H and O–H groups in total. The van der Waals surface area contributed by atoms with Crippen LogP contribution in [0.4, 0.5) is 13.2 Å². The number of pyridine rings is 1. The minimum atomic E-state index is -4.44. The molecule has 3 heterocycles. The maximum atomic E-state index is 13.5. The number of para-hydroxylation sites is 1. The Morgan fingerprint density at radius 2 is 2.03 bits per heavy atom. The molecule has 5 rings (SSSR count). The zero-order valence-electron chi connectivity index (χ0n) is 19.3. The smallest absolute Gasteiger partial charge is 0.250 e. The molecule has 0 saturated heterocycles. The number of nitrogens with zero attached hydrogens (tertiary/aromatic N) is 5. The maximum Gasteiger partial charge on any atom is 0.417 e. The fourth-order valence-electron chi connectivity index (χ4n) is 4.16. The van der Waals surface area contributed by atoms with E-state index in [1.54, 1.807) is 4.68 Å². The van der Waals surface area contributed by atoms with E-state index in [2.05, 4.69) is 51.3 Å². The first-order valence-electron chi connectivity index (χ1n) is 11.2. The van der Waals surface area contributed by atoms with Gasteiger partial charge in [0.1, 0.15) is 5.52 Å². The highest BCUT2D eigenvalue weighted by Crippen LogP contribution is 2.43. The first-order chi connectivity index (χ1) is 17.3. The first-order valence-corrected chi connectivity index (χ1v) is 13.2. The van der Waals surface area contributed by atoms with Crippen LogP contribution in [0.3, 0.4) is 0 Å². The molecule has 4 aromatic rings. The van der Waals surface area contributed by atoms with Crippen LogP contribution >= 0.6 is 23.4 Å². The molecule has 1 aliphatic rings. The maximum absolute atomic E-state index is 13.5. The van der Waals surface area contributed by atoms with Gasteiger partial charge in [-0.25, -0.2) is 9.98 Å². The molecular formula is C25H21BF3N5S2. The van der Waals surface area contributed by atoms with Crippen molar-refractivity contribution < 1.29 is 13.2 Å². The predicted octanol–water partition coefficient (Wildman–Crippen LogP) is 6.13. The number of aryl methyl sites for hydroxylation is 1. The number of rotatable bonds is 6. The molecule has 182 valence electrons. The summed E-state index contributed by atoms with van der Waals surface area (Å²) in [4.78, 5) is 8.34. The second-order valence-corrected chi connectivity index (χ2v) is 10.6. The summed E-state index contributed by atoms with van der Waals surface area (Å²) in [6.07, 6.45) is -2.80. The van der Waals surface area contributed by atoms with Crippen LogP contribution in [0, 0.1) is 6.92 Å². The summed E-state index contributed by atoms with van der Waals surface area (Å²) in [6, 6.07) is 17.1. The van der Waals surface area contributed by atoms with Crippen molar-refractivity contribution in [3.63, 3.8) is 0 Å². The molecule has 11 heteroatoms. The lowest BCUT2D eigenvalue weighted by Crippen LogP contribution is -2.32. The minimum Gasteiger partial charge on any atom is -0.250 e. The first kappa shape index (κ1) is 24.6. The lowest BCUT2D eigenvalue weighted by Gasteiger charge is -2.29. The van der Waals surface area contributed by atoms with E-state index in [1.807, 2.05) is 36.6 Å². The van der Waals surface area contributed by atoms with Gasteiger partial charge in [0, 0.05) is 17.4 Å². The van der Waals surface area contributed by atoms with Gasteiger partial charge < -0.3 is 0 Å². The lowest BCUT2D eigenvalue weighted by molar-refractivity contribution is -0.137. The minimum absolute atomic E-state index is 0.105. The molecule has 1 unspecified atom stereocenters. The number of fused-ring (bicyclic) bond motifs is 2. The molecule has 0 fully saturated rings. The van der Waals surface area contributed by atoms with Crippen molar-refractivity contribution in [2.75, 3.05) is 5.75 Å². The van der Waals surface area contributed by atoms with Gasteiger partial charge in [-0.2, -0.15) is 29.5 Å². The third-order valence-electron chi connectivity index (χ3n) is 6.06. The van der Waals surface area contributed by atoms with Gasteiger partial charge in [-0.3, -0.25) is 0 Å². The van der Waals surface area contributed by atoms with Crippen LogP contribution in [-0.2, 0) is 6.18 Å². The van der Waals surface area contributed by atoms with Gasteiger partial charge in [0.05, 0.1) is 16.1 Å². The summed E-state index contributed by atoms with van der Waals surface area (Å²) in [5, 5.41) is 10.8. The topological polar surface area (TPSA) is 56.0 Å². The molecule has 1 atom stereocenters. The molecule has 0 spiro atoms. The summed E-state index contributed by atoms with van der Waals surface area (Å²) < 4.78 is 42.0. The van der Waals surface area contributed by atoms with E-state index < -0.39 is 11.7 Å². The Morgan fingerprint density at radius 1 is 1.25 bits per heavy atom. The molecule has 0 aliphatic carbocycles. The van der Waals surface area contributed by atoms with Crippen molar-refractivity contribution in [3.05, 3.63) is 82.9 Å². The van der Waals surface area contributed by atoms with Crippen molar-refractivity contribution in [1.29, 1.82) is 0 Å². The normalized spacial score (nSPS) is 16.3. The number of halogens is 3. The fraction of sp³-hybridized carbons (Fsp3) is 0.200. The van der Waals surface area contributed by atoms with E-state index in [9.17, 15) is 13.2 Å². The molecular weight excluding hydrogens is 502 g/mol. The van der Waals surface area contributed by atoms with Gasteiger partial charge in [-0.05, 0) is 43.3 Å². The fourth-order valence-corrected chi connectivity index (χ4v) is 6.49. The van der Waals surface area contributed by atoms with E-state index in [0.717, 1.165) is 28.3 Å². The summed E-state index contributed by atoms with van der Waals surface area (Å²) in [5.74, 6) is 1.05. The van der Waals surface area contributed by atoms with E-state index in [-0.39, 0.29) is 11.9 Å². The second-order valence-electron chi connectivity index (χ2n) is 8.52. The number of hydrogen-bond donors (Lipinski definition) is 0. The van der Waals surface area contributed by atoms with Crippen LogP contribution in [0.1, 0.15) is 22.6 Å². The van der Waals surface area contributed by atoms with Crippen LogP contribution < -0.4 is 5.46 Å². The highest BCUT2D eigenvalue weighted by molar-refractivity contribution is 8.26. The zero-order chi connectivity index (χ0) is 25.3. The van der Waals surface area contributed by atoms with Crippen LogP contribution in [0.15, 0.2) is 76.2 Å². The number of aromatic nitrogens is 4. The molecule has 1 aliphatic heterocycles. The van der Waals surface area contributed by atoms with E-state index >= 15 is 0 Å². The van der Waals surface area contributed by atoms with E-state index in [4.69, 9.17) is 0 Å². The summed E-state index contributed by atoms with van der Waals surface area (Å²) in [5.41, 5.74) is 3.76. The van der Waals surface area contributed by atoms with Crippen molar-refractivity contribution in [2.24, 2.45) is 4.99 Å². The highest BCUT2D eigenvalue weighted by Gasteiger charge is 2.36. The molecule has 36 heavy (non-hydrogen) atoms. The van der Waals surface area contributed by atoms with Gasteiger partial charge in [0.15, 0.2) is 5.82 Å². The van der Waals surface area contributed by atoms with Gasteiger partial charge >= 0.3 is 6.18 Å². The van der Waals surface area contributed by atoms with Crippen molar-refractivity contribution in [3.8, 4) is 0 Å². The van der Waals surface area contributed by atoms with E-state index in [0.29, 0.717) is 28.5 Å². The van der Waals surface area contributed by atoms with Crippen molar-refractivity contribution in [2.45, 2.75) is 30.4 Å². The third kappa shape index (κ3) is 5.08. The molecule has 2 aromatic heterocycles. The largest absolute Gasteiger partial charge is 0.417 e. The SMILES string of the molecule is C=N/C(=C\SCC1CB(c2ccc(C)cc2)Sc2ncc(C(F)(F)F)cc21)n1nnc2ccccc21. The van der Waals surface area contributed by atoms with Crippen molar-refractivity contribution >= 4 is 58.4 Å². The molecule has 2 aromatic carbocycles. The molecule has 0 radical (unpaired) electrons. The Balaban J connectivity index is 1.43. The summed E-state index contributed by atoms with van der Waals surface area (Å²) >= 11 is 3.00. The second kappa shape index (κ2) is 10.1. The highest BCUT2D eigenvalue weighted by atomic mass is 32.2. The van der Waals surface area contributed by atoms with Crippen molar-refractivity contribution in [1.82, 2.24) is 20.0 Å². The van der Waals surface area contributed by atoms with Crippen LogP contribution in [0.25, 0.3) is 16.9 Å². The number of alkyl halides is 3. The quantitative estimate of drug-likeness (QED) is 0.225. The molecule has 0 saturated carbocycles. The predicted molar refractivity (Wildman–Crippen MR) is 143 cm³/mol. The standard InChI is InChI=1S/C25H21BF3N5S2/c1-16-7-9-19(10-8-16)26-12-17(20-11-18(25(27,28)29)13-31-24(20)36-26)14-35-15-23(30-2)34-22-6-4-3-5-21(22)32-33-34/h3-11,13,15,17H,2,12,14H2,1H3/b23-15+. The summed E-state index contributed by atoms with van der Waals surface area (Å²) in [6.45, 7) is 5.69. The Bertz CT molecular complexity index is 1440. The lowest BCUT2D eigenvalue weighted by atomic mass is 9.60. The van der Waals surface area contributed by atoms with Gasteiger partial charge in [-0.1, -0.05) is 59.0 Å². The van der Waals surface area contributed by atoms with Gasteiger partial charge in [-0.15, -0.1) is 16.9 Å². The molecule has 0 bridgehead atoms. The Morgan fingerprint density at radius 3 is 2.78 bits per heavy atom. The van der Waals surface area contributed by atoms with Crippen LogP contribution in [0.2, 0.25) is 6.32 Å². The third-order valence-corrected chi connectivity index (χ3v) is 8.35. The number of hydrogen-bond acceptors (Lipinski definition) is 6. The van der Waals surface area contributed by atoms with Crippen LogP contribution in [0.5, 0.6) is 0 Å².